The van der Waals surface area contributed by atoms with Crippen LogP contribution >= 0.6 is 12.4 Å². The Morgan fingerprint density at radius 1 is 0.843 bits per heavy atom. The van der Waals surface area contributed by atoms with Crippen molar-refractivity contribution >= 4 is 71.3 Å². The van der Waals surface area contributed by atoms with Crippen molar-refractivity contribution in [1.29, 1.82) is 0 Å². The minimum atomic E-state index is -3.95. The summed E-state index contributed by atoms with van der Waals surface area (Å²) in [5, 5.41) is 4.48. The highest BCUT2D eigenvalue weighted by Crippen LogP contribution is 2.44. The highest BCUT2D eigenvalue weighted by Gasteiger charge is 2.34. The maximum Gasteiger partial charge on any atom is 0.325 e. The van der Waals surface area contributed by atoms with E-state index < -0.39 is 38.9 Å². The number of rotatable bonds is 12. The van der Waals surface area contributed by atoms with Crippen LogP contribution in [0, 0.1) is 34.5 Å². The van der Waals surface area contributed by atoms with E-state index in [1.54, 1.807) is 12.1 Å². The van der Waals surface area contributed by atoms with E-state index >= 15 is 0 Å². The number of halogens is 1. The first-order valence-electron chi connectivity index (χ1n) is 17.3. The molecule has 3 aromatic carbocycles. The minimum Gasteiger partial charge on any atom is -0.435 e. The number of hydrogen-bond acceptors (Lipinski definition) is 11. The molecule has 13 nitrogen and oxygen atoms in total. The molecule has 51 heavy (non-hydrogen) atoms. The van der Waals surface area contributed by atoms with Crippen LogP contribution < -0.4 is 11.2 Å². The quantitative estimate of drug-likeness (QED) is 0.0526. The zero-order valence-electron chi connectivity index (χ0n) is 30.0. The van der Waals surface area contributed by atoms with E-state index in [0.29, 0.717) is 49.1 Å². The predicted molar refractivity (Wildman–Crippen MR) is 201 cm³/mol. The number of nitrogens with one attached hydrogen (secondary N) is 1. The van der Waals surface area contributed by atoms with Crippen molar-refractivity contribution in [3.05, 3.63) is 41.3 Å². The molecule has 2 heterocycles. The molecule has 282 valence electrons. The third-order valence-corrected chi connectivity index (χ3v) is 13.7. The maximum atomic E-state index is 13.9. The Labute approximate surface area is 307 Å². The van der Waals surface area contributed by atoms with Crippen LogP contribution in [0.2, 0.25) is 0 Å². The van der Waals surface area contributed by atoms with Gasteiger partial charge in [0.25, 0.3) is 0 Å². The lowest BCUT2D eigenvalue weighted by molar-refractivity contribution is -0.156. The van der Waals surface area contributed by atoms with Gasteiger partial charge in [0.2, 0.25) is 26.8 Å². The zero-order chi connectivity index (χ0) is 36.5. The van der Waals surface area contributed by atoms with Crippen LogP contribution in [0.1, 0.15) is 60.8 Å². The molecule has 0 aromatic heterocycles. The first-order valence-corrected chi connectivity index (χ1v) is 20.1. The molecule has 16 heteroatoms. The third-order valence-electron chi connectivity index (χ3n) is 10.0. The molecule has 3 N–H and O–H groups in total. The van der Waals surface area contributed by atoms with Crippen LogP contribution in [0.3, 0.4) is 0 Å². The predicted octanol–water partition coefficient (Wildman–Crippen LogP) is 6.36. The molecular formula is C35H50ClN5O8S2. The van der Waals surface area contributed by atoms with Crippen LogP contribution in [-0.4, -0.2) is 70.4 Å². The number of fused-ring (bicyclic) bond motifs is 2. The Bertz CT molecular complexity index is 1840. The molecule has 5 rings (SSSR count). The van der Waals surface area contributed by atoms with Crippen molar-refractivity contribution in [2.45, 2.75) is 76.6 Å². The van der Waals surface area contributed by atoms with Gasteiger partial charge in [-0.25, -0.2) is 21.7 Å². The van der Waals surface area contributed by atoms with Gasteiger partial charge in [-0.2, -0.15) is 8.61 Å². The molecule has 2 unspecified atom stereocenters. The number of piperidine rings is 2. The Kier molecular flexibility index (Phi) is 13.1. The number of ether oxygens (including phenoxy) is 1. The molecule has 3 aromatic rings. The van der Waals surface area contributed by atoms with Gasteiger partial charge in [0.15, 0.2) is 0 Å². The largest absolute Gasteiger partial charge is 0.435 e. The molecule has 2 fully saturated rings. The molecule has 2 saturated heterocycles. The lowest BCUT2D eigenvalue weighted by Gasteiger charge is -2.34. The fourth-order valence-corrected chi connectivity index (χ4v) is 10.8. The summed E-state index contributed by atoms with van der Waals surface area (Å²) in [4.78, 5) is 30.6. The van der Waals surface area contributed by atoms with Gasteiger partial charge in [0.05, 0.1) is 15.5 Å². The van der Waals surface area contributed by atoms with Gasteiger partial charge in [-0.3, -0.25) is 10.3 Å². The standard InChI is InChI=1S/C35H49N5O8S2.ClH/c1-7-25(6)32(36)35(41)47-20-48-38-34-28-10-8-26(49(43,44)39-16-21(2)12-22(3)17-39)14-30(28)33(37-42)31-15-27(9-11-29(31)34)50(45,46)40-18-23(4)13-24(5)19-40;/h8-11,14-15,21-25,32,38H,7,12-13,16-20,36H2,1-6H3;1H/t21-,22+,23-,24+,25?,32?;. The highest BCUT2D eigenvalue weighted by atomic mass is 35.5. The van der Waals surface area contributed by atoms with E-state index in [9.17, 15) is 26.5 Å². The summed E-state index contributed by atoms with van der Waals surface area (Å²) in [6, 6.07) is 8.02. The Balaban J connectivity index is 0.00000583. The smallest absolute Gasteiger partial charge is 0.325 e. The monoisotopic (exact) mass is 767 g/mol. The lowest BCUT2D eigenvalue weighted by atomic mass is 9.94. The summed E-state index contributed by atoms with van der Waals surface area (Å²) in [6.07, 6.45) is 2.53. The molecule has 0 aliphatic carbocycles. The molecule has 0 radical (unpaired) electrons. The van der Waals surface area contributed by atoms with Crippen LogP contribution in [0.5, 0.6) is 0 Å². The average molecular weight is 768 g/mol. The van der Waals surface area contributed by atoms with Crippen molar-refractivity contribution in [2.75, 3.05) is 38.5 Å². The number of nitroso groups, excluding NO2 is 1. The lowest BCUT2D eigenvalue weighted by Crippen LogP contribution is -2.42. The summed E-state index contributed by atoms with van der Waals surface area (Å²) in [5.74, 6) is -0.0215. The van der Waals surface area contributed by atoms with Gasteiger partial charge in [-0.1, -0.05) is 60.1 Å². The fraction of sp³-hybridized carbons (Fsp3) is 0.571. The maximum absolute atomic E-state index is 13.9. The number of sulfonamides is 2. The molecule has 0 spiro atoms. The van der Waals surface area contributed by atoms with Gasteiger partial charge in [0.1, 0.15) is 11.7 Å². The number of carbonyl (C=O) groups is 1. The van der Waals surface area contributed by atoms with Crippen LogP contribution in [-0.2, 0) is 34.4 Å². The van der Waals surface area contributed by atoms with Gasteiger partial charge >= 0.3 is 5.97 Å². The Hall–Kier alpha value is -2.92. The van der Waals surface area contributed by atoms with Gasteiger partial charge in [-0.15, -0.1) is 17.3 Å². The first kappa shape index (κ1) is 40.8. The zero-order valence-corrected chi connectivity index (χ0v) is 32.4. The number of carbonyl (C=O) groups excluding carboxylic acids is 1. The van der Waals surface area contributed by atoms with Crippen LogP contribution in [0.15, 0.2) is 51.4 Å². The van der Waals surface area contributed by atoms with Crippen molar-refractivity contribution in [1.82, 2.24) is 8.61 Å². The van der Waals surface area contributed by atoms with E-state index in [2.05, 4.69) is 10.7 Å². The summed E-state index contributed by atoms with van der Waals surface area (Å²) in [5.41, 5.74) is 8.98. The van der Waals surface area contributed by atoms with Crippen molar-refractivity contribution in [2.24, 2.45) is 40.5 Å². The fourth-order valence-electron chi connectivity index (χ4n) is 7.37. The van der Waals surface area contributed by atoms with Crippen LogP contribution in [0.25, 0.3) is 21.5 Å². The third kappa shape index (κ3) is 8.50. The van der Waals surface area contributed by atoms with E-state index in [0.717, 1.165) is 12.8 Å². The summed E-state index contributed by atoms with van der Waals surface area (Å²) >= 11 is 0. The number of nitrogens with two attached hydrogens (primary N) is 1. The van der Waals surface area contributed by atoms with E-state index in [-0.39, 0.29) is 68.2 Å². The van der Waals surface area contributed by atoms with E-state index in [1.165, 1.54) is 32.9 Å². The average Bonchev–Trinajstić information content (AvgIpc) is 3.07. The van der Waals surface area contributed by atoms with E-state index in [1.807, 2.05) is 41.5 Å². The molecular weight excluding hydrogens is 718 g/mol. The Morgan fingerprint density at radius 3 is 1.67 bits per heavy atom. The summed E-state index contributed by atoms with van der Waals surface area (Å²) in [7, 11) is -7.90. The van der Waals surface area contributed by atoms with Gasteiger partial charge in [-0.05, 0) is 71.9 Å². The normalized spacial score (nSPS) is 23.4. The topological polar surface area (TPSA) is 178 Å². The molecule has 6 atom stereocenters. The molecule has 0 saturated carbocycles. The number of nitrogens with zero attached hydrogens (tertiary/aromatic N) is 3. The van der Waals surface area contributed by atoms with Crippen molar-refractivity contribution < 1.29 is 31.2 Å². The summed E-state index contributed by atoms with van der Waals surface area (Å²) < 4.78 is 63.8. The highest BCUT2D eigenvalue weighted by molar-refractivity contribution is 7.89. The second-order valence-corrected chi connectivity index (χ2v) is 18.4. The number of hydrogen-bond donors (Lipinski definition) is 2. The number of anilines is 1. The van der Waals surface area contributed by atoms with Crippen LogP contribution in [0.4, 0.5) is 11.4 Å². The van der Waals surface area contributed by atoms with Crippen molar-refractivity contribution in [3.8, 4) is 0 Å². The number of benzene rings is 3. The summed E-state index contributed by atoms with van der Waals surface area (Å²) in [6.45, 7) is 12.8. The second kappa shape index (κ2) is 16.4. The SMILES string of the molecule is CCC(C)C(N)C(=O)OCONc1c2ccc(S(=O)(=O)N3C[C@H](C)C[C@H](C)C3)cc2c(N=O)c2cc(S(=O)(=O)N3C[C@H](C)C[C@H](C)C3)ccc12.Cl. The van der Waals surface area contributed by atoms with Gasteiger partial charge < -0.3 is 10.5 Å². The minimum absolute atomic E-state index is 0. The van der Waals surface area contributed by atoms with Crippen molar-refractivity contribution in [3.63, 3.8) is 0 Å². The molecule has 2 aliphatic heterocycles. The second-order valence-electron chi connectivity index (χ2n) is 14.5. The number of esters is 1. The first-order chi connectivity index (χ1) is 23.6. The molecule has 0 bridgehead atoms. The Morgan fingerprint density at radius 2 is 1.27 bits per heavy atom. The molecule has 2 aliphatic rings. The van der Waals surface area contributed by atoms with Gasteiger partial charge in [0, 0.05) is 47.7 Å². The van der Waals surface area contributed by atoms with E-state index in [4.69, 9.17) is 15.3 Å². The molecule has 0 amide bonds.